The first-order valence-corrected chi connectivity index (χ1v) is 13.6. The van der Waals surface area contributed by atoms with E-state index in [4.69, 9.17) is 4.74 Å². The molecule has 8 nitrogen and oxygen atoms in total. The van der Waals surface area contributed by atoms with Crippen molar-refractivity contribution in [2.45, 2.75) is 30.6 Å². The van der Waals surface area contributed by atoms with Crippen LogP contribution in [0.15, 0.2) is 79.1 Å². The molecule has 1 amide bonds. The number of hydrogen-bond donors (Lipinski definition) is 2. The van der Waals surface area contributed by atoms with Gasteiger partial charge in [0.15, 0.2) is 5.37 Å². The highest BCUT2D eigenvalue weighted by Gasteiger charge is 2.51. The van der Waals surface area contributed by atoms with E-state index in [9.17, 15) is 13.2 Å². The highest BCUT2D eigenvalue weighted by molar-refractivity contribution is 7.93. The molecule has 1 unspecified atom stereocenters. The number of amides is 1. The minimum absolute atomic E-state index is 0.205. The van der Waals surface area contributed by atoms with Gasteiger partial charge in [-0.3, -0.25) is 14.1 Å². The average Bonchev–Trinajstić information content (AvgIpc) is 2.93. The first-order valence-electron chi connectivity index (χ1n) is 12.1. The van der Waals surface area contributed by atoms with Crippen molar-refractivity contribution in [3.8, 4) is 5.75 Å². The minimum Gasteiger partial charge on any atom is -0.496 e. The van der Waals surface area contributed by atoms with Gasteiger partial charge in [0.2, 0.25) is 0 Å². The van der Waals surface area contributed by atoms with Crippen LogP contribution in [0.5, 0.6) is 5.75 Å². The van der Waals surface area contributed by atoms with E-state index in [0.717, 1.165) is 5.56 Å². The lowest BCUT2D eigenvalue weighted by atomic mass is 9.72. The van der Waals surface area contributed by atoms with E-state index < -0.39 is 26.7 Å². The maximum atomic E-state index is 14.5. The summed E-state index contributed by atoms with van der Waals surface area (Å²) < 4.78 is 35.7. The number of methoxy groups -OCH3 is 1. The van der Waals surface area contributed by atoms with Crippen molar-refractivity contribution < 1.29 is 17.9 Å². The number of aromatic nitrogens is 1. The predicted molar refractivity (Wildman–Crippen MR) is 141 cm³/mol. The van der Waals surface area contributed by atoms with Crippen LogP contribution in [0.25, 0.3) is 0 Å². The zero-order chi connectivity index (χ0) is 25.6. The fourth-order valence-electron chi connectivity index (χ4n) is 5.02. The highest BCUT2D eigenvalue weighted by atomic mass is 32.2. The average molecular weight is 509 g/mol. The fraction of sp³-hybridized carbons (Fsp3) is 0.333. The summed E-state index contributed by atoms with van der Waals surface area (Å²) in [6.07, 6.45) is 4.21. The summed E-state index contributed by atoms with van der Waals surface area (Å²) in [5, 5.41) is 5.07. The number of nitrogens with one attached hydrogen (secondary N) is 2. The largest absolute Gasteiger partial charge is 0.496 e. The van der Waals surface area contributed by atoms with Crippen molar-refractivity contribution in [1.29, 1.82) is 0 Å². The third kappa shape index (κ3) is 4.94. The van der Waals surface area contributed by atoms with E-state index in [1.54, 1.807) is 55.7 Å². The Bertz CT molecular complexity index is 1260. The molecule has 4 rings (SSSR count). The number of hydrogen-bond acceptors (Lipinski definition) is 6. The first kappa shape index (κ1) is 25.7. The molecular weight excluding hydrogens is 476 g/mol. The molecule has 0 aliphatic carbocycles. The van der Waals surface area contributed by atoms with Gasteiger partial charge in [0.1, 0.15) is 5.75 Å². The van der Waals surface area contributed by atoms with Crippen LogP contribution in [0.3, 0.4) is 0 Å². The zero-order valence-corrected chi connectivity index (χ0v) is 21.4. The molecule has 36 heavy (non-hydrogen) atoms. The third-order valence-electron chi connectivity index (χ3n) is 6.80. The molecule has 2 heterocycles. The molecule has 0 radical (unpaired) electrons. The van der Waals surface area contributed by atoms with Crippen LogP contribution in [0.4, 0.5) is 5.69 Å². The van der Waals surface area contributed by atoms with Crippen LogP contribution in [0.1, 0.15) is 35.7 Å². The van der Waals surface area contributed by atoms with Crippen molar-refractivity contribution in [3.05, 3.63) is 90.3 Å². The van der Waals surface area contributed by atoms with E-state index in [1.165, 1.54) is 11.4 Å². The van der Waals surface area contributed by atoms with Crippen molar-refractivity contribution >= 4 is 21.6 Å². The van der Waals surface area contributed by atoms with E-state index in [-0.39, 0.29) is 12.1 Å². The maximum absolute atomic E-state index is 14.5. The standard InChI is InChI=1S/C27H32N4O4S/c1-3-31(22-13-17-28-18-14-22)36(33,34)26(30-25(32)23-11-7-8-12-24(23)35-2)27(15-19-29-20-16-27)21-9-5-4-6-10-21/h4-14,17-18,26,29H,3,15-16,19-20H2,1-2H3,(H,30,32). The fourth-order valence-corrected chi connectivity index (χ4v) is 7.25. The summed E-state index contributed by atoms with van der Waals surface area (Å²) >= 11 is 0. The maximum Gasteiger partial charge on any atom is 0.257 e. The molecule has 1 fully saturated rings. The molecule has 0 saturated carbocycles. The quantitative estimate of drug-likeness (QED) is 0.460. The van der Waals surface area contributed by atoms with Crippen LogP contribution in [-0.4, -0.2) is 51.4 Å². The number of anilines is 1. The topological polar surface area (TPSA) is 101 Å². The van der Waals surface area contributed by atoms with Crippen LogP contribution < -0.4 is 19.7 Å². The van der Waals surface area contributed by atoms with Gasteiger partial charge in [0.25, 0.3) is 15.9 Å². The van der Waals surface area contributed by atoms with Crippen molar-refractivity contribution in [1.82, 2.24) is 15.6 Å². The van der Waals surface area contributed by atoms with Gasteiger partial charge in [-0.15, -0.1) is 0 Å². The summed E-state index contributed by atoms with van der Waals surface area (Å²) in [4.78, 5) is 17.7. The molecule has 1 saturated heterocycles. The molecule has 190 valence electrons. The number of pyridine rings is 1. The van der Waals surface area contributed by atoms with Crippen molar-refractivity contribution in [3.63, 3.8) is 0 Å². The van der Waals surface area contributed by atoms with E-state index >= 15 is 0 Å². The Kier molecular flexibility index (Phi) is 7.91. The Hall–Kier alpha value is -3.43. The molecule has 0 spiro atoms. The Morgan fingerprint density at radius 3 is 2.33 bits per heavy atom. The SMILES string of the molecule is CCN(c1ccncc1)S(=O)(=O)C(NC(=O)c1ccccc1OC)C1(c2ccccc2)CCNCC1. The van der Waals surface area contributed by atoms with Gasteiger partial charge in [0.05, 0.1) is 18.4 Å². The van der Waals surface area contributed by atoms with Crippen LogP contribution >= 0.6 is 0 Å². The second-order valence-electron chi connectivity index (χ2n) is 8.74. The Morgan fingerprint density at radius 2 is 1.69 bits per heavy atom. The minimum atomic E-state index is -4.09. The molecule has 1 aromatic heterocycles. The lowest BCUT2D eigenvalue weighted by Gasteiger charge is -2.45. The molecule has 1 aliphatic heterocycles. The first-order chi connectivity index (χ1) is 17.4. The lowest BCUT2D eigenvalue weighted by molar-refractivity contribution is 0.0922. The van der Waals surface area contributed by atoms with Gasteiger partial charge in [-0.05, 0) is 62.7 Å². The van der Waals surface area contributed by atoms with Crippen molar-refractivity contribution in [2.24, 2.45) is 0 Å². The zero-order valence-electron chi connectivity index (χ0n) is 20.6. The Balaban J connectivity index is 1.87. The number of sulfonamides is 1. The summed E-state index contributed by atoms with van der Waals surface area (Å²) in [6.45, 7) is 3.25. The number of para-hydroxylation sites is 1. The Labute approximate surface area is 212 Å². The van der Waals surface area contributed by atoms with E-state index in [0.29, 0.717) is 37.4 Å². The number of carbonyl (C=O) groups excluding carboxylic acids is 1. The lowest BCUT2D eigenvalue weighted by Crippen LogP contribution is -2.61. The number of piperidine rings is 1. The van der Waals surface area contributed by atoms with Gasteiger partial charge < -0.3 is 15.4 Å². The molecule has 1 atom stereocenters. The molecule has 0 bridgehead atoms. The van der Waals surface area contributed by atoms with E-state index in [1.807, 2.05) is 30.3 Å². The van der Waals surface area contributed by atoms with Gasteiger partial charge in [-0.2, -0.15) is 0 Å². The second-order valence-corrected chi connectivity index (χ2v) is 10.7. The van der Waals surface area contributed by atoms with Crippen LogP contribution in [-0.2, 0) is 15.4 Å². The summed E-state index contributed by atoms with van der Waals surface area (Å²) in [7, 11) is -2.60. The number of nitrogens with zero attached hydrogens (tertiary/aromatic N) is 2. The predicted octanol–water partition coefficient (Wildman–Crippen LogP) is 3.32. The van der Waals surface area contributed by atoms with Crippen molar-refractivity contribution in [2.75, 3.05) is 31.0 Å². The molecule has 2 N–H and O–H groups in total. The normalized spacial score (nSPS) is 16.1. The highest BCUT2D eigenvalue weighted by Crippen LogP contribution is 2.41. The summed E-state index contributed by atoms with van der Waals surface area (Å²) in [6, 6.07) is 19.8. The molecule has 2 aromatic carbocycles. The number of rotatable bonds is 9. The van der Waals surface area contributed by atoms with Crippen LogP contribution in [0, 0.1) is 0 Å². The number of carbonyl (C=O) groups is 1. The summed E-state index contributed by atoms with van der Waals surface area (Å²) in [5.74, 6) is -0.118. The van der Waals surface area contributed by atoms with E-state index in [2.05, 4.69) is 15.6 Å². The van der Waals surface area contributed by atoms with Crippen LogP contribution in [0.2, 0.25) is 0 Å². The molecule has 1 aliphatic rings. The van der Waals surface area contributed by atoms with Gasteiger partial charge in [0, 0.05) is 24.4 Å². The smallest absolute Gasteiger partial charge is 0.257 e. The van der Waals surface area contributed by atoms with Gasteiger partial charge in [-0.25, -0.2) is 8.42 Å². The number of ether oxygens (including phenoxy) is 1. The third-order valence-corrected chi connectivity index (χ3v) is 9.05. The monoisotopic (exact) mass is 508 g/mol. The molecule has 3 aromatic rings. The Morgan fingerprint density at radius 1 is 1.06 bits per heavy atom. The van der Waals surface area contributed by atoms with Gasteiger partial charge in [-0.1, -0.05) is 42.5 Å². The molecular formula is C27H32N4O4S. The number of benzene rings is 2. The van der Waals surface area contributed by atoms with Gasteiger partial charge >= 0.3 is 0 Å². The molecule has 9 heteroatoms. The second kappa shape index (κ2) is 11.1. The summed E-state index contributed by atoms with van der Waals surface area (Å²) in [5.41, 5.74) is 0.820.